The molecule has 0 atom stereocenters. The summed E-state index contributed by atoms with van der Waals surface area (Å²) >= 11 is 0. The summed E-state index contributed by atoms with van der Waals surface area (Å²) in [4.78, 5) is 6.74. The molecule has 1 fully saturated rings. The Morgan fingerprint density at radius 2 is 1.62 bits per heavy atom. The van der Waals surface area contributed by atoms with E-state index in [1.807, 2.05) is 18.2 Å². The number of rotatable bonds is 3. The average Bonchev–Trinajstić information content (AvgIpc) is 3.11. The van der Waals surface area contributed by atoms with Gasteiger partial charge in [-0.2, -0.15) is 13.9 Å². The zero-order valence-corrected chi connectivity index (χ0v) is 13.8. The van der Waals surface area contributed by atoms with Gasteiger partial charge in [-0.15, -0.1) is 0 Å². The predicted molar refractivity (Wildman–Crippen MR) is 90.4 cm³/mol. The van der Waals surface area contributed by atoms with Gasteiger partial charge in [0.25, 0.3) is 0 Å². The second-order valence-electron chi connectivity index (χ2n) is 5.61. The van der Waals surface area contributed by atoms with Crippen molar-refractivity contribution < 1.29 is 8.42 Å². The van der Waals surface area contributed by atoms with Crippen molar-refractivity contribution in [2.24, 2.45) is 0 Å². The number of aromatic nitrogens is 3. The Hall–Kier alpha value is -2.45. The van der Waals surface area contributed by atoms with E-state index in [1.54, 1.807) is 45.5 Å². The molecule has 0 saturated carbocycles. The Labute approximate surface area is 140 Å². The van der Waals surface area contributed by atoms with Crippen LogP contribution < -0.4 is 4.90 Å². The van der Waals surface area contributed by atoms with Gasteiger partial charge in [0, 0.05) is 38.4 Å². The lowest BCUT2D eigenvalue weighted by Crippen LogP contribution is -2.49. The maximum Gasteiger partial charge on any atom is 0.243 e. The molecule has 0 unspecified atom stereocenters. The Bertz CT molecular complexity index is 947. The van der Waals surface area contributed by atoms with Crippen molar-refractivity contribution in [3.8, 4) is 0 Å². The fourth-order valence-corrected chi connectivity index (χ4v) is 4.40. The van der Waals surface area contributed by atoms with E-state index in [-0.39, 0.29) is 0 Å². The van der Waals surface area contributed by atoms with Crippen molar-refractivity contribution >= 4 is 21.5 Å². The fraction of sp³-hybridized carbons (Fsp3) is 0.250. The van der Waals surface area contributed by atoms with Crippen LogP contribution in [0.3, 0.4) is 0 Å². The van der Waals surface area contributed by atoms with Gasteiger partial charge in [-0.1, -0.05) is 18.2 Å². The summed E-state index contributed by atoms with van der Waals surface area (Å²) in [6.45, 7) is 2.13. The largest absolute Gasteiger partial charge is 0.354 e. The van der Waals surface area contributed by atoms with E-state index in [9.17, 15) is 8.42 Å². The maximum atomic E-state index is 12.7. The highest BCUT2D eigenvalue weighted by Crippen LogP contribution is 2.21. The molecule has 0 aliphatic carbocycles. The van der Waals surface area contributed by atoms with Crippen LogP contribution in [0.25, 0.3) is 5.65 Å². The number of hydrogen-bond acceptors (Lipinski definition) is 5. The van der Waals surface area contributed by atoms with Crippen LogP contribution >= 0.6 is 0 Å². The molecule has 2 aromatic heterocycles. The Balaban J connectivity index is 1.54. The van der Waals surface area contributed by atoms with Crippen LogP contribution in [0.4, 0.5) is 5.82 Å². The minimum atomic E-state index is -3.43. The smallest absolute Gasteiger partial charge is 0.243 e. The van der Waals surface area contributed by atoms with E-state index >= 15 is 0 Å². The molecule has 1 aromatic carbocycles. The van der Waals surface area contributed by atoms with Crippen molar-refractivity contribution in [2.45, 2.75) is 4.90 Å². The lowest BCUT2D eigenvalue weighted by molar-refractivity contribution is 0.383. The molecule has 8 heteroatoms. The van der Waals surface area contributed by atoms with E-state index in [1.165, 1.54) is 0 Å². The van der Waals surface area contributed by atoms with E-state index in [0.29, 0.717) is 31.1 Å². The predicted octanol–water partition coefficient (Wildman–Crippen LogP) is 1.24. The van der Waals surface area contributed by atoms with Crippen molar-refractivity contribution in [3.63, 3.8) is 0 Å². The molecule has 7 nitrogen and oxygen atoms in total. The molecule has 1 aliphatic rings. The number of benzene rings is 1. The van der Waals surface area contributed by atoms with Gasteiger partial charge < -0.3 is 4.90 Å². The summed E-state index contributed by atoms with van der Waals surface area (Å²) in [5.74, 6) is 0.932. The third-order valence-corrected chi connectivity index (χ3v) is 6.13. The quantitative estimate of drug-likeness (QED) is 0.716. The molecule has 0 spiro atoms. The maximum absolute atomic E-state index is 12.7. The summed E-state index contributed by atoms with van der Waals surface area (Å²) < 4.78 is 28.7. The standard InChI is InChI=1S/C16H17N5O2S/c22-24(23,14-4-2-1-3-5-14)20-12-10-19(11-13-20)16-7-8-17-15-6-9-18-21(15)16/h1-9H,10-13H2. The van der Waals surface area contributed by atoms with E-state index < -0.39 is 10.0 Å². The molecule has 4 rings (SSSR count). The van der Waals surface area contributed by atoms with Gasteiger partial charge in [0.2, 0.25) is 10.0 Å². The van der Waals surface area contributed by atoms with Crippen LogP contribution in [0.1, 0.15) is 0 Å². The molecular weight excluding hydrogens is 326 g/mol. The first kappa shape index (κ1) is 15.1. The first-order valence-electron chi connectivity index (χ1n) is 7.75. The molecule has 1 aliphatic heterocycles. The molecule has 1 saturated heterocycles. The molecule has 0 amide bonds. The van der Waals surface area contributed by atoms with Gasteiger partial charge in [0.1, 0.15) is 5.82 Å². The Kier molecular flexibility index (Phi) is 3.70. The number of nitrogens with zero attached hydrogens (tertiary/aromatic N) is 5. The van der Waals surface area contributed by atoms with Crippen LogP contribution in [0.15, 0.2) is 59.8 Å². The average molecular weight is 343 g/mol. The monoisotopic (exact) mass is 343 g/mol. The lowest BCUT2D eigenvalue weighted by Gasteiger charge is -2.35. The lowest BCUT2D eigenvalue weighted by atomic mass is 10.3. The first-order chi connectivity index (χ1) is 11.7. The van der Waals surface area contributed by atoms with Gasteiger partial charge in [0.05, 0.1) is 11.1 Å². The topological polar surface area (TPSA) is 70.8 Å². The summed E-state index contributed by atoms with van der Waals surface area (Å²) in [6.07, 6.45) is 3.46. The summed E-state index contributed by atoms with van der Waals surface area (Å²) in [5.41, 5.74) is 0.784. The molecular formula is C16H17N5O2S. The number of sulfonamides is 1. The van der Waals surface area contributed by atoms with E-state index in [4.69, 9.17) is 0 Å². The van der Waals surface area contributed by atoms with Gasteiger partial charge in [-0.3, -0.25) is 0 Å². The second kappa shape index (κ2) is 5.88. The number of hydrogen-bond donors (Lipinski definition) is 0. The number of anilines is 1. The van der Waals surface area contributed by atoms with Crippen molar-refractivity contribution in [1.29, 1.82) is 0 Å². The van der Waals surface area contributed by atoms with Crippen LogP contribution in [-0.4, -0.2) is 53.5 Å². The van der Waals surface area contributed by atoms with Crippen LogP contribution in [0, 0.1) is 0 Å². The Morgan fingerprint density at radius 3 is 2.38 bits per heavy atom. The number of piperazine rings is 1. The minimum absolute atomic E-state index is 0.344. The van der Waals surface area contributed by atoms with Crippen LogP contribution in [0.2, 0.25) is 0 Å². The van der Waals surface area contributed by atoms with Crippen molar-refractivity contribution in [2.75, 3.05) is 31.1 Å². The molecule has 0 bridgehead atoms. The zero-order chi connectivity index (χ0) is 16.6. The zero-order valence-electron chi connectivity index (χ0n) is 13.0. The normalized spacial score (nSPS) is 16.6. The number of fused-ring (bicyclic) bond motifs is 1. The third kappa shape index (κ3) is 2.53. The molecule has 24 heavy (non-hydrogen) atoms. The molecule has 124 valence electrons. The minimum Gasteiger partial charge on any atom is -0.354 e. The van der Waals surface area contributed by atoms with Crippen LogP contribution in [0.5, 0.6) is 0 Å². The van der Waals surface area contributed by atoms with E-state index in [0.717, 1.165) is 11.5 Å². The highest BCUT2D eigenvalue weighted by Gasteiger charge is 2.29. The summed E-state index contributed by atoms with van der Waals surface area (Å²) in [6, 6.07) is 12.3. The van der Waals surface area contributed by atoms with Gasteiger partial charge >= 0.3 is 0 Å². The summed E-state index contributed by atoms with van der Waals surface area (Å²) in [7, 11) is -3.43. The first-order valence-corrected chi connectivity index (χ1v) is 9.19. The summed E-state index contributed by atoms with van der Waals surface area (Å²) in [5, 5.41) is 4.29. The van der Waals surface area contributed by atoms with Gasteiger partial charge in [-0.05, 0) is 18.2 Å². The molecule has 3 aromatic rings. The SMILES string of the molecule is O=S(=O)(c1ccccc1)N1CCN(c2ccnc3ccnn23)CC1. The van der Waals surface area contributed by atoms with Gasteiger partial charge in [0.15, 0.2) is 5.65 Å². The second-order valence-corrected chi connectivity index (χ2v) is 7.55. The van der Waals surface area contributed by atoms with Gasteiger partial charge in [-0.25, -0.2) is 13.4 Å². The highest BCUT2D eigenvalue weighted by atomic mass is 32.2. The van der Waals surface area contributed by atoms with Crippen molar-refractivity contribution in [3.05, 3.63) is 54.9 Å². The fourth-order valence-electron chi connectivity index (χ4n) is 2.96. The molecule has 0 N–H and O–H groups in total. The van der Waals surface area contributed by atoms with Crippen LogP contribution in [-0.2, 0) is 10.0 Å². The van der Waals surface area contributed by atoms with Crippen molar-refractivity contribution in [1.82, 2.24) is 18.9 Å². The Morgan fingerprint density at radius 1 is 0.875 bits per heavy atom. The van der Waals surface area contributed by atoms with E-state index in [2.05, 4.69) is 15.0 Å². The highest BCUT2D eigenvalue weighted by molar-refractivity contribution is 7.89. The molecule has 3 heterocycles. The third-order valence-electron chi connectivity index (χ3n) is 4.21. The molecule has 0 radical (unpaired) electrons.